The molecular weight excluding hydrogens is 425 g/mol. The van der Waals surface area contributed by atoms with Gasteiger partial charge < -0.3 is 19.5 Å². The van der Waals surface area contributed by atoms with Crippen LogP contribution in [0, 0.1) is 0 Å². The summed E-state index contributed by atoms with van der Waals surface area (Å²) in [6.07, 6.45) is -1.29. The van der Waals surface area contributed by atoms with Crippen LogP contribution in [0.2, 0.25) is 0 Å². The highest BCUT2D eigenvalue weighted by Crippen LogP contribution is 2.32. The van der Waals surface area contributed by atoms with Crippen LogP contribution in [0.5, 0.6) is 11.5 Å². The summed E-state index contributed by atoms with van der Waals surface area (Å²) < 4.78 is 49.2. The number of aliphatic hydroxyl groups is 1. The molecule has 0 bridgehead atoms. The Morgan fingerprint density at radius 2 is 1.84 bits per heavy atom. The van der Waals surface area contributed by atoms with Crippen molar-refractivity contribution in [3.05, 3.63) is 53.9 Å². The van der Waals surface area contributed by atoms with Gasteiger partial charge >= 0.3 is 6.18 Å². The van der Waals surface area contributed by atoms with Gasteiger partial charge in [0.1, 0.15) is 17.6 Å². The molecule has 1 aromatic heterocycles. The second-order valence-corrected chi connectivity index (χ2v) is 7.70. The van der Waals surface area contributed by atoms with E-state index >= 15 is 0 Å². The molecule has 9 heteroatoms. The predicted molar refractivity (Wildman–Crippen MR) is 113 cm³/mol. The van der Waals surface area contributed by atoms with Gasteiger partial charge in [0, 0.05) is 25.0 Å². The maximum atomic E-state index is 12.7. The molecule has 0 aliphatic rings. The molecule has 0 fully saturated rings. The lowest BCUT2D eigenvalue weighted by Crippen LogP contribution is -2.43. The van der Waals surface area contributed by atoms with Crippen molar-refractivity contribution >= 4 is 5.91 Å². The van der Waals surface area contributed by atoms with Crippen LogP contribution in [0.25, 0.3) is 0 Å². The van der Waals surface area contributed by atoms with Crippen LogP contribution < -0.4 is 9.47 Å². The minimum Gasteiger partial charge on any atom is -0.491 e. The number of likely N-dealkylation sites (N-methyl/N-ethyl adjacent to an activating group) is 1. The number of hydrogen-bond donors (Lipinski definition) is 1. The SMILES string of the molecule is CCC[C@@H](C(O)c1cnccc1OC(C)C)N(C)C(=O)COc1ccc(C(F)(F)F)cc1. The van der Waals surface area contributed by atoms with Crippen molar-refractivity contribution in [1.29, 1.82) is 0 Å². The van der Waals surface area contributed by atoms with Crippen LogP contribution in [0.3, 0.4) is 0 Å². The van der Waals surface area contributed by atoms with Gasteiger partial charge in [-0.2, -0.15) is 13.2 Å². The molecule has 1 N–H and O–H groups in total. The predicted octanol–water partition coefficient (Wildman–Crippen LogP) is 4.63. The number of rotatable bonds is 10. The first kappa shape index (κ1) is 25.5. The van der Waals surface area contributed by atoms with E-state index in [9.17, 15) is 23.1 Å². The fourth-order valence-corrected chi connectivity index (χ4v) is 3.22. The Bertz CT molecular complexity index is 872. The lowest BCUT2D eigenvalue weighted by atomic mass is 9.98. The lowest BCUT2D eigenvalue weighted by Gasteiger charge is -2.32. The average molecular weight is 454 g/mol. The van der Waals surface area contributed by atoms with Crippen molar-refractivity contribution in [3.63, 3.8) is 0 Å². The van der Waals surface area contributed by atoms with Crippen LogP contribution in [-0.4, -0.2) is 46.7 Å². The monoisotopic (exact) mass is 454 g/mol. The minimum atomic E-state index is -4.44. The Kier molecular flexibility index (Phi) is 8.89. The quantitative estimate of drug-likeness (QED) is 0.567. The van der Waals surface area contributed by atoms with Crippen LogP contribution in [0.15, 0.2) is 42.7 Å². The first-order valence-corrected chi connectivity index (χ1v) is 10.4. The van der Waals surface area contributed by atoms with Crippen molar-refractivity contribution in [3.8, 4) is 11.5 Å². The van der Waals surface area contributed by atoms with Crippen molar-refractivity contribution in [2.75, 3.05) is 13.7 Å². The number of hydrogen-bond acceptors (Lipinski definition) is 5. The van der Waals surface area contributed by atoms with E-state index in [1.54, 1.807) is 19.3 Å². The zero-order valence-corrected chi connectivity index (χ0v) is 18.6. The number of halogens is 3. The molecule has 1 aromatic carbocycles. The second kappa shape index (κ2) is 11.2. The van der Waals surface area contributed by atoms with Gasteiger partial charge in [0.25, 0.3) is 5.91 Å². The number of aromatic nitrogens is 1. The average Bonchev–Trinajstić information content (AvgIpc) is 2.74. The number of pyridine rings is 1. The molecule has 2 atom stereocenters. The van der Waals surface area contributed by atoms with Gasteiger partial charge in [0.15, 0.2) is 6.61 Å². The Morgan fingerprint density at radius 3 is 2.41 bits per heavy atom. The fourth-order valence-electron chi connectivity index (χ4n) is 3.22. The zero-order chi connectivity index (χ0) is 23.9. The molecule has 1 unspecified atom stereocenters. The summed E-state index contributed by atoms with van der Waals surface area (Å²) in [5, 5.41) is 11.1. The molecule has 1 amide bonds. The van der Waals surface area contributed by atoms with Gasteiger partial charge in [0.2, 0.25) is 0 Å². The third kappa shape index (κ3) is 6.85. The molecule has 32 heavy (non-hydrogen) atoms. The zero-order valence-electron chi connectivity index (χ0n) is 18.6. The normalized spacial score (nSPS) is 13.5. The van der Waals surface area contributed by atoms with Crippen molar-refractivity contribution in [2.45, 2.75) is 58.0 Å². The van der Waals surface area contributed by atoms with Gasteiger partial charge in [-0.3, -0.25) is 9.78 Å². The largest absolute Gasteiger partial charge is 0.491 e. The number of carbonyl (C=O) groups is 1. The minimum absolute atomic E-state index is 0.107. The van der Waals surface area contributed by atoms with E-state index < -0.39 is 29.8 Å². The van der Waals surface area contributed by atoms with Crippen LogP contribution >= 0.6 is 0 Å². The highest BCUT2D eigenvalue weighted by molar-refractivity contribution is 5.78. The lowest BCUT2D eigenvalue weighted by molar-refractivity contribution is -0.138. The number of carbonyl (C=O) groups excluding carboxylic acids is 1. The smallest absolute Gasteiger partial charge is 0.416 e. The molecule has 0 radical (unpaired) electrons. The van der Waals surface area contributed by atoms with Crippen molar-refractivity contribution < 1.29 is 32.5 Å². The molecule has 2 aromatic rings. The van der Waals surface area contributed by atoms with Gasteiger partial charge in [-0.05, 0) is 50.6 Å². The summed E-state index contributed by atoms with van der Waals surface area (Å²) in [5.74, 6) is 0.218. The standard InChI is InChI=1S/C23H29F3N2O4/c1-5-6-19(22(30)18-13-27-12-11-20(18)32-15(2)3)28(4)21(29)14-31-17-9-7-16(8-10-17)23(24,25)26/h7-13,15,19,22,30H,5-6,14H2,1-4H3/t19-,22?/m0/s1. The molecule has 0 saturated carbocycles. The topological polar surface area (TPSA) is 71.9 Å². The number of alkyl halides is 3. The molecule has 2 rings (SSSR count). The van der Waals surface area contributed by atoms with E-state index in [4.69, 9.17) is 9.47 Å². The molecule has 1 heterocycles. The third-order valence-electron chi connectivity index (χ3n) is 4.88. The van der Waals surface area contributed by atoms with Gasteiger partial charge in [-0.1, -0.05) is 13.3 Å². The Morgan fingerprint density at radius 1 is 1.19 bits per heavy atom. The first-order chi connectivity index (χ1) is 15.0. The van der Waals surface area contributed by atoms with Gasteiger partial charge in [-0.25, -0.2) is 0 Å². The van der Waals surface area contributed by atoms with Gasteiger partial charge in [0.05, 0.1) is 17.7 Å². The number of benzene rings is 1. The van der Waals surface area contributed by atoms with E-state index in [0.29, 0.717) is 24.2 Å². The summed E-state index contributed by atoms with van der Waals surface area (Å²) in [6, 6.07) is 5.22. The molecule has 6 nitrogen and oxygen atoms in total. The summed E-state index contributed by atoms with van der Waals surface area (Å²) in [4.78, 5) is 18.2. The molecule has 176 valence electrons. The molecule has 0 aliphatic heterocycles. The molecule has 0 saturated heterocycles. The number of aliphatic hydroxyl groups excluding tert-OH is 1. The Hall–Kier alpha value is -2.81. The highest BCUT2D eigenvalue weighted by Gasteiger charge is 2.31. The summed E-state index contributed by atoms with van der Waals surface area (Å²) in [6.45, 7) is 5.30. The molecule has 0 spiro atoms. The van der Waals surface area contributed by atoms with Crippen molar-refractivity contribution in [1.82, 2.24) is 9.88 Å². The molecule has 0 aliphatic carbocycles. The highest BCUT2D eigenvalue weighted by atomic mass is 19.4. The van der Waals surface area contributed by atoms with E-state index in [1.165, 1.54) is 23.2 Å². The van der Waals surface area contributed by atoms with E-state index in [0.717, 1.165) is 12.1 Å². The van der Waals surface area contributed by atoms with E-state index in [2.05, 4.69) is 4.98 Å². The van der Waals surface area contributed by atoms with Crippen LogP contribution in [-0.2, 0) is 11.0 Å². The Labute approximate surface area is 186 Å². The van der Waals surface area contributed by atoms with Crippen molar-refractivity contribution in [2.24, 2.45) is 0 Å². The maximum absolute atomic E-state index is 12.7. The third-order valence-corrected chi connectivity index (χ3v) is 4.88. The first-order valence-electron chi connectivity index (χ1n) is 10.4. The summed E-state index contributed by atoms with van der Waals surface area (Å²) in [7, 11) is 1.56. The maximum Gasteiger partial charge on any atom is 0.416 e. The summed E-state index contributed by atoms with van der Waals surface area (Å²) >= 11 is 0. The van der Waals surface area contributed by atoms with E-state index in [-0.39, 0.29) is 18.5 Å². The second-order valence-electron chi connectivity index (χ2n) is 7.70. The van der Waals surface area contributed by atoms with Crippen LogP contribution in [0.4, 0.5) is 13.2 Å². The van der Waals surface area contributed by atoms with E-state index in [1.807, 2.05) is 20.8 Å². The Balaban J connectivity index is 2.10. The number of nitrogens with zero attached hydrogens (tertiary/aromatic N) is 2. The molecular formula is C23H29F3N2O4. The fraction of sp³-hybridized carbons (Fsp3) is 0.478. The number of ether oxygens (including phenoxy) is 2. The summed E-state index contributed by atoms with van der Waals surface area (Å²) in [5.41, 5.74) is -0.321. The number of amides is 1. The van der Waals surface area contributed by atoms with Gasteiger partial charge in [-0.15, -0.1) is 0 Å². The van der Waals surface area contributed by atoms with Crippen LogP contribution in [0.1, 0.15) is 50.8 Å².